The molecule has 1 N–H and O–H groups in total. The number of rotatable bonds is 5. The predicted molar refractivity (Wildman–Crippen MR) is 127 cm³/mol. The van der Waals surface area contributed by atoms with Crippen LogP contribution in [-0.4, -0.2) is 41.1 Å². The summed E-state index contributed by atoms with van der Waals surface area (Å²) in [6.07, 6.45) is 0. The number of hydrogen-bond acceptors (Lipinski definition) is 8. The lowest BCUT2D eigenvalue weighted by Crippen LogP contribution is -2.32. The highest BCUT2D eigenvalue weighted by Crippen LogP contribution is 2.61. The summed E-state index contributed by atoms with van der Waals surface area (Å²) in [5, 5.41) is 12.0. The molecule has 0 unspecified atom stereocenters. The Morgan fingerprint density at radius 1 is 1.09 bits per heavy atom. The van der Waals surface area contributed by atoms with Crippen LogP contribution in [0.15, 0.2) is 54.6 Å². The molecule has 10 heteroatoms. The van der Waals surface area contributed by atoms with E-state index in [4.69, 9.17) is 13.8 Å². The third-order valence-electron chi connectivity index (χ3n) is 5.74. The number of benzene rings is 2. The van der Waals surface area contributed by atoms with E-state index in [1.165, 1.54) is 25.3 Å². The second-order valence-corrected chi connectivity index (χ2v) is 9.87. The molecule has 2 heterocycles. The Morgan fingerprint density at radius 3 is 2.32 bits per heavy atom. The van der Waals surface area contributed by atoms with Crippen LogP contribution < -0.4 is 5.30 Å². The van der Waals surface area contributed by atoms with E-state index < -0.39 is 18.8 Å². The zero-order chi connectivity index (χ0) is 24.5. The molecule has 0 radical (unpaired) electrons. The summed E-state index contributed by atoms with van der Waals surface area (Å²) in [5.41, 5.74) is 1.73. The molecule has 9 nitrogen and oxygen atoms in total. The molecule has 0 bridgehead atoms. The van der Waals surface area contributed by atoms with Crippen molar-refractivity contribution < 1.29 is 28.4 Å². The fraction of sp³-hybridized carbons (Fsp3) is 0.250. The van der Waals surface area contributed by atoms with Crippen molar-refractivity contribution in [2.75, 3.05) is 20.3 Å². The number of para-hydroxylation sites is 1. The second-order valence-electron chi connectivity index (χ2n) is 7.87. The lowest BCUT2D eigenvalue weighted by molar-refractivity contribution is -0.384. The molecule has 1 fully saturated rings. The quantitative estimate of drug-likeness (QED) is 0.247. The number of esters is 1. The van der Waals surface area contributed by atoms with Crippen LogP contribution in [0.25, 0.3) is 11.1 Å². The summed E-state index contributed by atoms with van der Waals surface area (Å²) in [4.78, 5) is 40.2. The third kappa shape index (κ3) is 4.31. The van der Waals surface area contributed by atoms with Crippen molar-refractivity contribution in [2.45, 2.75) is 19.8 Å². The molecule has 34 heavy (non-hydrogen) atoms. The van der Waals surface area contributed by atoms with Crippen LogP contribution in [0.3, 0.4) is 0 Å². The molecular weight excluding hydrogens is 459 g/mol. The van der Waals surface area contributed by atoms with Crippen LogP contribution in [0, 0.1) is 24.0 Å². The van der Waals surface area contributed by atoms with Gasteiger partial charge in [0.2, 0.25) is 5.30 Å². The lowest BCUT2D eigenvalue weighted by Gasteiger charge is -2.29. The number of hydrogen-bond donors (Lipinski definition) is 1. The molecule has 1 saturated heterocycles. The average Bonchev–Trinajstić information content (AvgIpc) is 2.84. The molecule has 0 amide bonds. The Kier molecular flexibility index (Phi) is 6.72. The number of carbonyl (C=O) groups excluding carboxylic acids is 1. The summed E-state index contributed by atoms with van der Waals surface area (Å²) >= 11 is 0. The van der Waals surface area contributed by atoms with Gasteiger partial charge in [-0.25, -0.2) is 4.79 Å². The monoisotopic (exact) mass is 483 g/mol. The first-order chi connectivity index (χ1) is 16.3. The van der Waals surface area contributed by atoms with Gasteiger partial charge in [0.1, 0.15) is 13.2 Å². The number of ether oxygens (including phenoxy) is 1. The van der Waals surface area contributed by atoms with Gasteiger partial charge in [-0.05, 0) is 25.5 Å². The van der Waals surface area contributed by atoms with Gasteiger partial charge >= 0.3 is 13.9 Å². The first-order valence-electron chi connectivity index (χ1n) is 10.6. The number of aryl methyl sites for hydroxylation is 2. The maximum atomic E-state index is 12.8. The highest BCUT2D eigenvalue weighted by atomic mass is 31.2. The Bertz CT molecular complexity index is 1240. The molecule has 1 aliphatic rings. The molecule has 3 aromatic rings. The molecule has 2 aromatic carbocycles. The van der Waals surface area contributed by atoms with E-state index >= 15 is 0 Å². The molecule has 1 aromatic heterocycles. The number of nitro groups is 1. The Balaban J connectivity index is 1.90. The topological polar surface area (TPSA) is 121 Å². The Labute approximate surface area is 197 Å². The SMILES string of the molecule is COC(=O)c1c(C)nc(C)c([P+]2(O)OCC(c3ccccc3)CO2)c1-c1ccccc1[N+](=O)[O-]. The minimum atomic E-state index is -3.75. The highest BCUT2D eigenvalue weighted by Gasteiger charge is 2.54. The van der Waals surface area contributed by atoms with Crippen LogP contribution >= 0.6 is 7.94 Å². The smallest absolute Gasteiger partial charge is 0.448 e. The van der Waals surface area contributed by atoms with Gasteiger partial charge in [0.15, 0.2) is 0 Å². The first kappa shape index (κ1) is 23.9. The number of methoxy groups -OCH3 is 1. The number of carbonyl (C=O) groups is 1. The molecule has 4 rings (SSSR count). The van der Waals surface area contributed by atoms with Crippen LogP contribution in [0.1, 0.15) is 33.2 Å². The van der Waals surface area contributed by atoms with Gasteiger partial charge < -0.3 is 4.74 Å². The van der Waals surface area contributed by atoms with E-state index in [9.17, 15) is 19.8 Å². The second kappa shape index (κ2) is 9.56. The van der Waals surface area contributed by atoms with Gasteiger partial charge in [-0.15, -0.1) is 0 Å². The highest BCUT2D eigenvalue weighted by molar-refractivity contribution is 7.69. The van der Waals surface area contributed by atoms with E-state index in [1.807, 2.05) is 30.3 Å². The maximum Gasteiger partial charge on any atom is 0.448 e. The number of nitro benzene ring substituents is 1. The Morgan fingerprint density at radius 2 is 1.71 bits per heavy atom. The van der Waals surface area contributed by atoms with Gasteiger partial charge in [-0.1, -0.05) is 42.5 Å². The molecule has 1 aliphatic heterocycles. The van der Waals surface area contributed by atoms with E-state index in [2.05, 4.69) is 4.98 Å². The Hall–Kier alpha value is -3.23. The van der Waals surface area contributed by atoms with E-state index in [-0.39, 0.29) is 46.8 Å². The minimum Gasteiger partial charge on any atom is -0.465 e. The van der Waals surface area contributed by atoms with Crippen molar-refractivity contribution in [1.29, 1.82) is 0 Å². The molecule has 0 saturated carbocycles. The number of aromatic nitrogens is 1. The molecule has 176 valence electrons. The van der Waals surface area contributed by atoms with Crippen molar-refractivity contribution in [1.82, 2.24) is 4.98 Å². The van der Waals surface area contributed by atoms with Gasteiger partial charge in [-0.2, -0.15) is 13.9 Å². The fourth-order valence-electron chi connectivity index (χ4n) is 4.16. The summed E-state index contributed by atoms with van der Waals surface area (Å²) in [6, 6.07) is 15.6. The van der Waals surface area contributed by atoms with Crippen LogP contribution in [-0.2, 0) is 13.8 Å². The summed E-state index contributed by atoms with van der Waals surface area (Å²) < 4.78 is 16.9. The van der Waals surface area contributed by atoms with Crippen molar-refractivity contribution in [3.8, 4) is 11.1 Å². The van der Waals surface area contributed by atoms with Gasteiger partial charge in [0, 0.05) is 12.0 Å². The van der Waals surface area contributed by atoms with E-state index in [1.54, 1.807) is 19.9 Å². The lowest BCUT2D eigenvalue weighted by atomic mass is 9.96. The average molecular weight is 483 g/mol. The van der Waals surface area contributed by atoms with Crippen molar-refractivity contribution in [3.05, 3.63) is 87.2 Å². The van der Waals surface area contributed by atoms with Gasteiger partial charge in [0.25, 0.3) is 5.69 Å². The van der Waals surface area contributed by atoms with Crippen molar-refractivity contribution in [2.24, 2.45) is 0 Å². The summed E-state index contributed by atoms with van der Waals surface area (Å²) in [7, 11) is -2.54. The predicted octanol–water partition coefficient (Wildman–Crippen LogP) is 4.27. The standard InChI is InChI=1S/C24H24N2O7P/c1-15-21(24(27)31-3)22(19-11-7-8-12-20(19)26(28)29)23(16(2)25-15)34(30)32-13-18(14-33-34)17-9-5-4-6-10-17/h4-12,18,30H,13-14H2,1-3H3/q+1. The van der Waals surface area contributed by atoms with Crippen molar-refractivity contribution in [3.63, 3.8) is 0 Å². The zero-order valence-electron chi connectivity index (χ0n) is 18.9. The van der Waals surface area contributed by atoms with Crippen LogP contribution in [0.2, 0.25) is 0 Å². The third-order valence-corrected chi connectivity index (χ3v) is 7.85. The molecule has 0 spiro atoms. The molecular formula is C24H24N2O7P+. The van der Waals surface area contributed by atoms with E-state index in [0.717, 1.165) is 5.56 Å². The fourth-order valence-corrected chi connectivity index (χ4v) is 6.23. The number of pyridine rings is 1. The maximum absolute atomic E-state index is 12.8. The van der Waals surface area contributed by atoms with Crippen molar-refractivity contribution >= 4 is 24.9 Å². The van der Waals surface area contributed by atoms with E-state index in [0.29, 0.717) is 11.4 Å². The number of nitrogens with zero attached hydrogens (tertiary/aromatic N) is 2. The van der Waals surface area contributed by atoms with Crippen LogP contribution in [0.5, 0.6) is 0 Å². The minimum absolute atomic E-state index is 0.0169. The van der Waals surface area contributed by atoms with Gasteiger partial charge in [-0.3, -0.25) is 15.1 Å². The summed E-state index contributed by atoms with van der Waals surface area (Å²) in [6.45, 7) is 3.60. The van der Waals surface area contributed by atoms with Gasteiger partial charge in [0.05, 0.1) is 40.1 Å². The normalized spacial score (nSPS) is 20.1. The summed E-state index contributed by atoms with van der Waals surface area (Å²) in [5.74, 6) is -0.833. The largest absolute Gasteiger partial charge is 0.465 e. The molecule has 0 atom stereocenters. The zero-order valence-corrected chi connectivity index (χ0v) is 19.8. The molecule has 0 aliphatic carbocycles. The first-order valence-corrected chi connectivity index (χ1v) is 12.1. The van der Waals surface area contributed by atoms with Crippen LogP contribution in [0.4, 0.5) is 5.69 Å².